The molecule has 1 fully saturated rings. The molecular weight excluding hydrogens is 266 g/mol. The third kappa shape index (κ3) is 2.37. The Hall–Kier alpha value is -1.40. The van der Waals surface area contributed by atoms with E-state index in [1.54, 1.807) is 4.68 Å². The lowest BCUT2D eigenvalue weighted by Crippen LogP contribution is -2.34. The zero-order valence-electron chi connectivity index (χ0n) is 11.1. The molecular formula is C12H18ClN5O. The third-order valence-electron chi connectivity index (χ3n) is 3.70. The van der Waals surface area contributed by atoms with Crippen molar-refractivity contribution in [3.8, 4) is 11.6 Å². The first-order valence-corrected chi connectivity index (χ1v) is 6.23. The van der Waals surface area contributed by atoms with E-state index in [4.69, 9.17) is 10.3 Å². The number of aromatic nitrogens is 4. The molecule has 1 aliphatic rings. The van der Waals surface area contributed by atoms with E-state index in [1.807, 2.05) is 20.0 Å². The maximum Gasteiger partial charge on any atom is 0.278 e. The van der Waals surface area contributed by atoms with Gasteiger partial charge < -0.3 is 10.3 Å². The average molecular weight is 284 g/mol. The Morgan fingerprint density at radius 1 is 1.37 bits per heavy atom. The highest BCUT2D eigenvalue weighted by Gasteiger charge is 2.36. The summed E-state index contributed by atoms with van der Waals surface area (Å²) in [5.41, 5.74) is 7.64. The van der Waals surface area contributed by atoms with Crippen LogP contribution in [0, 0.1) is 6.92 Å². The Labute approximate surface area is 117 Å². The molecule has 2 heterocycles. The number of rotatable bonds is 2. The van der Waals surface area contributed by atoms with Crippen LogP contribution in [-0.4, -0.2) is 19.9 Å². The van der Waals surface area contributed by atoms with E-state index in [9.17, 15) is 0 Å². The van der Waals surface area contributed by atoms with Crippen LogP contribution in [0.1, 0.15) is 37.2 Å². The summed E-state index contributed by atoms with van der Waals surface area (Å²) in [6.45, 7) is 1.98. The van der Waals surface area contributed by atoms with Crippen molar-refractivity contribution in [3.63, 3.8) is 0 Å². The minimum absolute atomic E-state index is 0. The predicted octanol–water partition coefficient (Wildman–Crippen LogP) is 1.93. The topological polar surface area (TPSA) is 82.8 Å². The van der Waals surface area contributed by atoms with Crippen LogP contribution in [0.5, 0.6) is 0 Å². The summed E-state index contributed by atoms with van der Waals surface area (Å²) in [5.74, 6) is 1.06. The van der Waals surface area contributed by atoms with Crippen LogP contribution < -0.4 is 5.73 Å². The number of nitrogens with two attached hydrogens (primary N) is 1. The Bertz CT molecular complexity index is 551. The third-order valence-corrected chi connectivity index (χ3v) is 3.70. The minimum atomic E-state index is -0.411. The molecule has 0 aromatic carbocycles. The number of hydrogen-bond acceptors (Lipinski definition) is 5. The zero-order chi connectivity index (χ0) is 12.8. The van der Waals surface area contributed by atoms with Gasteiger partial charge in [0, 0.05) is 12.7 Å². The summed E-state index contributed by atoms with van der Waals surface area (Å²) < 4.78 is 7.06. The van der Waals surface area contributed by atoms with E-state index in [0.29, 0.717) is 17.4 Å². The molecule has 0 unspecified atom stereocenters. The van der Waals surface area contributed by atoms with Crippen LogP contribution in [0.2, 0.25) is 0 Å². The first-order chi connectivity index (χ1) is 8.58. The molecule has 0 amide bonds. The highest BCUT2D eigenvalue weighted by atomic mass is 35.5. The minimum Gasteiger partial charge on any atom is -0.332 e. The number of halogens is 1. The lowest BCUT2D eigenvalue weighted by molar-refractivity contribution is 0.372. The van der Waals surface area contributed by atoms with Gasteiger partial charge in [-0.2, -0.15) is 10.1 Å². The molecule has 7 heteroatoms. The average Bonchev–Trinajstić information content (AvgIpc) is 3.01. The first kappa shape index (κ1) is 14.0. The molecule has 1 saturated carbocycles. The standard InChI is InChI=1S/C12H17N5O.ClH/c1-8-7-9(15-17(8)2)10-14-11(16-18-10)12(13)5-3-4-6-12;/h7H,3-6,13H2,1-2H3;1H. The Morgan fingerprint density at radius 3 is 2.63 bits per heavy atom. The maximum atomic E-state index is 6.30. The molecule has 0 saturated heterocycles. The summed E-state index contributed by atoms with van der Waals surface area (Å²) in [7, 11) is 1.89. The summed E-state index contributed by atoms with van der Waals surface area (Å²) in [6, 6.07) is 1.93. The van der Waals surface area contributed by atoms with E-state index in [-0.39, 0.29) is 12.4 Å². The Balaban J connectivity index is 0.00000133. The highest BCUT2D eigenvalue weighted by molar-refractivity contribution is 5.85. The summed E-state index contributed by atoms with van der Waals surface area (Å²) in [6.07, 6.45) is 4.10. The molecule has 19 heavy (non-hydrogen) atoms. The molecule has 2 aromatic heterocycles. The fraction of sp³-hybridized carbons (Fsp3) is 0.583. The van der Waals surface area contributed by atoms with Crippen molar-refractivity contribution < 1.29 is 4.52 Å². The monoisotopic (exact) mass is 283 g/mol. The molecule has 0 spiro atoms. The first-order valence-electron chi connectivity index (χ1n) is 6.23. The smallest absolute Gasteiger partial charge is 0.278 e. The summed E-state index contributed by atoms with van der Waals surface area (Å²) >= 11 is 0. The van der Waals surface area contributed by atoms with Gasteiger partial charge in [0.2, 0.25) is 0 Å². The van der Waals surface area contributed by atoms with Crippen LogP contribution in [0.25, 0.3) is 11.6 Å². The van der Waals surface area contributed by atoms with Crippen molar-refractivity contribution in [1.29, 1.82) is 0 Å². The second-order valence-corrected chi connectivity index (χ2v) is 5.08. The zero-order valence-corrected chi connectivity index (χ0v) is 11.9. The second-order valence-electron chi connectivity index (χ2n) is 5.08. The van der Waals surface area contributed by atoms with Gasteiger partial charge in [0.05, 0.1) is 5.54 Å². The quantitative estimate of drug-likeness (QED) is 0.910. The van der Waals surface area contributed by atoms with Crippen LogP contribution in [0.15, 0.2) is 10.6 Å². The molecule has 0 aliphatic heterocycles. The van der Waals surface area contributed by atoms with Crippen molar-refractivity contribution >= 4 is 12.4 Å². The maximum absolute atomic E-state index is 6.30. The number of aryl methyl sites for hydroxylation is 2. The second kappa shape index (κ2) is 4.94. The number of hydrogen-bond donors (Lipinski definition) is 1. The van der Waals surface area contributed by atoms with E-state index in [0.717, 1.165) is 31.4 Å². The van der Waals surface area contributed by atoms with Gasteiger partial charge in [0.15, 0.2) is 11.5 Å². The molecule has 2 aromatic rings. The van der Waals surface area contributed by atoms with Gasteiger partial charge in [-0.3, -0.25) is 4.68 Å². The van der Waals surface area contributed by atoms with Gasteiger partial charge in [0.1, 0.15) is 0 Å². The van der Waals surface area contributed by atoms with Gasteiger partial charge in [-0.1, -0.05) is 18.0 Å². The lowest BCUT2D eigenvalue weighted by Gasteiger charge is -2.17. The van der Waals surface area contributed by atoms with Crippen molar-refractivity contribution in [2.24, 2.45) is 12.8 Å². The van der Waals surface area contributed by atoms with Gasteiger partial charge in [-0.05, 0) is 25.8 Å². The highest BCUT2D eigenvalue weighted by Crippen LogP contribution is 2.35. The Kier molecular flexibility index (Phi) is 3.64. The van der Waals surface area contributed by atoms with Gasteiger partial charge in [0.25, 0.3) is 5.89 Å². The normalized spacial score (nSPS) is 17.4. The van der Waals surface area contributed by atoms with Gasteiger partial charge >= 0.3 is 0 Å². The lowest BCUT2D eigenvalue weighted by atomic mass is 9.99. The largest absolute Gasteiger partial charge is 0.332 e. The van der Waals surface area contributed by atoms with Crippen LogP contribution in [-0.2, 0) is 12.6 Å². The molecule has 0 bridgehead atoms. The van der Waals surface area contributed by atoms with E-state index >= 15 is 0 Å². The fourth-order valence-electron chi connectivity index (χ4n) is 2.42. The van der Waals surface area contributed by atoms with E-state index in [2.05, 4.69) is 15.2 Å². The molecule has 104 valence electrons. The van der Waals surface area contributed by atoms with Crippen LogP contribution in [0.3, 0.4) is 0 Å². The Morgan fingerprint density at radius 2 is 2.05 bits per heavy atom. The fourth-order valence-corrected chi connectivity index (χ4v) is 2.42. The molecule has 0 radical (unpaired) electrons. The summed E-state index contributed by atoms with van der Waals surface area (Å²) in [5, 5.41) is 8.35. The molecule has 1 aliphatic carbocycles. The van der Waals surface area contributed by atoms with Crippen LogP contribution >= 0.6 is 12.4 Å². The van der Waals surface area contributed by atoms with Gasteiger partial charge in [-0.25, -0.2) is 0 Å². The van der Waals surface area contributed by atoms with Crippen molar-refractivity contribution in [2.45, 2.75) is 38.1 Å². The van der Waals surface area contributed by atoms with Crippen molar-refractivity contribution in [3.05, 3.63) is 17.6 Å². The number of nitrogens with zero attached hydrogens (tertiary/aromatic N) is 4. The van der Waals surface area contributed by atoms with E-state index < -0.39 is 5.54 Å². The SMILES string of the molecule is Cc1cc(-c2nc(C3(N)CCCC3)no2)nn1C.Cl. The summed E-state index contributed by atoms with van der Waals surface area (Å²) in [4.78, 5) is 4.41. The van der Waals surface area contributed by atoms with Gasteiger partial charge in [-0.15, -0.1) is 12.4 Å². The molecule has 2 N–H and O–H groups in total. The molecule has 6 nitrogen and oxygen atoms in total. The van der Waals surface area contributed by atoms with E-state index in [1.165, 1.54) is 0 Å². The van der Waals surface area contributed by atoms with Crippen LogP contribution in [0.4, 0.5) is 0 Å². The predicted molar refractivity (Wildman–Crippen MR) is 72.8 cm³/mol. The molecule has 0 atom stereocenters. The molecule has 3 rings (SSSR count). The van der Waals surface area contributed by atoms with Crippen molar-refractivity contribution in [2.75, 3.05) is 0 Å². The van der Waals surface area contributed by atoms with Crippen molar-refractivity contribution in [1.82, 2.24) is 19.9 Å².